The summed E-state index contributed by atoms with van der Waals surface area (Å²) in [6.45, 7) is 1.47. The summed E-state index contributed by atoms with van der Waals surface area (Å²) in [6, 6.07) is 7.38. The van der Waals surface area contributed by atoms with Crippen LogP contribution in [0.4, 0.5) is 0 Å². The molecule has 98 valence electrons. The van der Waals surface area contributed by atoms with Crippen LogP contribution in [0.5, 0.6) is 0 Å². The summed E-state index contributed by atoms with van der Waals surface area (Å²) in [7, 11) is 1.82. The Morgan fingerprint density at radius 1 is 1.44 bits per heavy atom. The lowest BCUT2D eigenvalue weighted by Crippen LogP contribution is -2.37. The van der Waals surface area contributed by atoms with E-state index in [9.17, 15) is 4.79 Å². The Labute approximate surface area is 114 Å². The van der Waals surface area contributed by atoms with E-state index in [0.717, 1.165) is 24.3 Å². The summed E-state index contributed by atoms with van der Waals surface area (Å²) in [5, 5.41) is 0. The molecule has 1 fully saturated rings. The number of rotatable bonds is 3. The molecular formula is C14H19NO2S. The summed E-state index contributed by atoms with van der Waals surface area (Å²) in [5.74, 6) is 0.00905. The molecule has 1 aromatic rings. The molecular weight excluding hydrogens is 246 g/mol. The third-order valence-corrected chi connectivity index (χ3v) is 3.62. The van der Waals surface area contributed by atoms with Gasteiger partial charge in [-0.25, -0.2) is 0 Å². The van der Waals surface area contributed by atoms with Gasteiger partial charge in [0.2, 0.25) is 0 Å². The van der Waals surface area contributed by atoms with Gasteiger partial charge in [-0.15, -0.1) is 12.6 Å². The normalized spacial score (nSPS) is 19.6. The fourth-order valence-electron chi connectivity index (χ4n) is 2.20. The van der Waals surface area contributed by atoms with Crippen LogP contribution in [-0.2, 0) is 4.74 Å². The van der Waals surface area contributed by atoms with Gasteiger partial charge in [0, 0.05) is 25.1 Å². The van der Waals surface area contributed by atoms with Crippen molar-refractivity contribution in [1.29, 1.82) is 0 Å². The maximum atomic E-state index is 12.3. The number of hydrogen-bond donors (Lipinski definition) is 1. The average molecular weight is 265 g/mol. The fourth-order valence-corrected chi connectivity index (χ4v) is 2.46. The van der Waals surface area contributed by atoms with Crippen molar-refractivity contribution in [3.8, 4) is 0 Å². The quantitative estimate of drug-likeness (QED) is 0.851. The smallest absolute Gasteiger partial charge is 0.254 e. The van der Waals surface area contributed by atoms with Gasteiger partial charge in [-0.3, -0.25) is 4.79 Å². The Balaban J connectivity index is 1.98. The van der Waals surface area contributed by atoms with Gasteiger partial charge < -0.3 is 9.64 Å². The van der Waals surface area contributed by atoms with Gasteiger partial charge in [0.15, 0.2) is 0 Å². The Morgan fingerprint density at radius 2 is 2.22 bits per heavy atom. The first kappa shape index (κ1) is 13.4. The summed E-state index contributed by atoms with van der Waals surface area (Å²) in [4.78, 5) is 14.7. The van der Waals surface area contributed by atoms with Crippen molar-refractivity contribution in [2.24, 2.45) is 0 Å². The first-order chi connectivity index (χ1) is 8.68. The first-order valence-corrected chi connectivity index (χ1v) is 6.78. The molecule has 0 radical (unpaired) electrons. The van der Waals surface area contributed by atoms with Crippen molar-refractivity contribution < 1.29 is 9.53 Å². The molecule has 4 heteroatoms. The van der Waals surface area contributed by atoms with Crippen LogP contribution in [0, 0.1) is 0 Å². The fraction of sp³-hybridized carbons (Fsp3) is 0.500. The monoisotopic (exact) mass is 265 g/mol. The number of ether oxygens (including phenoxy) is 1. The number of carbonyl (C=O) groups excluding carboxylic acids is 1. The molecule has 0 saturated carbocycles. The summed E-state index contributed by atoms with van der Waals surface area (Å²) >= 11 is 4.32. The van der Waals surface area contributed by atoms with Gasteiger partial charge in [-0.05, 0) is 31.4 Å². The maximum Gasteiger partial charge on any atom is 0.254 e. The second kappa shape index (κ2) is 6.25. The van der Waals surface area contributed by atoms with Crippen molar-refractivity contribution >= 4 is 18.5 Å². The summed E-state index contributed by atoms with van der Waals surface area (Å²) < 4.78 is 5.65. The largest absolute Gasteiger partial charge is 0.376 e. The van der Waals surface area contributed by atoms with Gasteiger partial charge in [0.25, 0.3) is 5.91 Å². The molecule has 1 saturated heterocycles. The zero-order valence-electron chi connectivity index (χ0n) is 10.6. The number of nitrogens with zero attached hydrogens (tertiary/aromatic N) is 1. The van der Waals surface area contributed by atoms with E-state index < -0.39 is 0 Å². The van der Waals surface area contributed by atoms with Crippen molar-refractivity contribution in [3.63, 3.8) is 0 Å². The van der Waals surface area contributed by atoms with Crippen molar-refractivity contribution in [2.45, 2.75) is 30.3 Å². The van der Waals surface area contributed by atoms with Gasteiger partial charge >= 0.3 is 0 Å². The maximum absolute atomic E-state index is 12.3. The Morgan fingerprint density at radius 3 is 2.89 bits per heavy atom. The van der Waals surface area contributed by atoms with Crippen molar-refractivity contribution in [1.82, 2.24) is 4.90 Å². The molecule has 1 unspecified atom stereocenters. The standard InChI is InChI=1S/C14H19NO2S/c1-15(10-11-6-4-5-9-17-11)14(16)12-7-2-3-8-13(12)18/h2-3,7-8,11,18H,4-6,9-10H2,1H3. The van der Waals surface area contributed by atoms with Gasteiger partial charge in [0.05, 0.1) is 11.7 Å². The SMILES string of the molecule is CN(CC1CCCCO1)C(=O)c1ccccc1S. The number of thiol groups is 1. The van der Waals surface area contributed by atoms with E-state index in [-0.39, 0.29) is 12.0 Å². The second-order valence-electron chi connectivity index (χ2n) is 4.69. The zero-order valence-corrected chi connectivity index (χ0v) is 11.5. The van der Waals surface area contributed by atoms with Gasteiger partial charge in [0.1, 0.15) is 0 Å². The molecule has 1 aromatic carbocycles. The first-order valence-electron chi connectivity index (χ1n) is 6.33. The number of carbonyl (C=O) groups is 1. The van der Waals surface area contributed by atoms with Crippen LogP contribution < -0.4 is 0 Å². The van der Waals surface area contributed by atoms with E-state index in [2.05, 4.69) is 12.6 Å². The lowest BCUT2D eigenvalue weighted by Gasteiger charge is -2.27. The molecule has 0 aromatic heterocycles. The predicted octanol–water partition coefficient (Wildman–Crippen LogP) is 2.62. The topological polar surface area (TPSA) is 29.5 Å². The highest BCUT2D eigenvalue weighted by Crippen LogP contribution is 2.17. The highest BCUT2D eigenvalue weighted by molar-refractivity contribution is 7.80. The Bertz CT molecular complexity index is 416. The molecule has 0 spiro atoms. The van der Waals surface area contributed by atoms with Crippen LogP contribution in [0.15, 0.2) is 29.2 Å². The van der Waals surface area contributed by atoms with Crippen LogP contribution in [0.2, 0.25) is 0 Å². The van der Waals surface area contributed by atoms with E-state index in [0.29, 0.717) is 12.1 Å². The minimum Gasteiger partial charge on any atom is -0.376 e. The third kappa shape index (κ3) is 3.27. The van der Waals surface area contributed by atoms with Crippen LogP contribution in [0.1, 0.15) is 29.6 Å². The van der Waals surface area contributed by atoms with Gasteiger partial charge in [-0.1, -0.05) is 12.1 Å². The molecule has 1 aliphatic rings. The lowest BCUT2D eigenvalue weighted by molar-refractivity contribution is -0.000247. The summed E-state index contributed by atoms with van der Waals surface area (Å²) in [6.07, 6.45) is 3.55. The molecule has 18 heavy (non-hydrogen) atoms. The Hall–Kier alpha value is -1.00. The third-order valence-electron chi connectivity index (χ3n) is 3.23. The number of hydrogen-bond acceptors (Lipinski definition) is 3. The average Bonchev–Trinajstić information content (AvgIpc) is 2.39. The molecule has 3 nitrogen and oxygen atoms in total. The zero-order chi connectivity index (χ0) is 13.0. The van der Waals surface area contributed by atoms with Crippen LogP contribution >= 0.6 is 12.6 Å². The molecule has 1 heterocycles. The molecule has 0 N–H and O–H groups in total. The molecule has 0 aliphatic carbocycles. The van der Waals surface area contributed by atoms with E-state index >= 15 is 0 Å². The highest BCUT2D eigenvalue weighted by Gasteiger charge is 2.20. The molecule has 1 atom stereocenters. The van der Waals surface area contributed by atoms with Crippen molar-refractivity contribution in [3.05, 3.63) is 29.8 Å². The van der Waals surface area contributed by atoms with E-state index in [1.54, 1.807) is 4.90 Å². The lowest BCUT2D eigenvalue weighted by atomic mass is 10.1. The second-order valence-corrected chi connectivity index (χ2v) is 5.17. The number of benzene rings is 1. The molecule has 2 rings (SSSR count). The van der Waals surface area contributed by atoms with E-state index in [4.69, 9.17) is 4.74 Å². The van der Waals surface area contributed by atoms with Crippen LogP contribution in [-0.4, -0.2) is 37.1 Å². The minimum atomic E-state index is 0.00905. The Kier molecular flexibility index (Phi) is 4.66. The molecule has 1 aliphatic heterocycles. The minimum absolute atomic E-state index is 0.00905. The van der Waals surface area contributed by atoms with E-state index in [1.165, 1.54) is 6.42 Å². The van der Waals surface area contributed by atoms with Crippen molar-refractivity contribution in [2.75, 3.05) is 20.2 Å². The number of likely N-dealkylation sites (N-methyl/N-ethyl adjacent to an activating group) is 1. The molecule has 1 amide bonds. The van der Waals surface area contributed by atoms with Gasteiger partial charge in [-0.2, -0.15) is 0 Å². The van der Waals surface area contributed by atoms with E-state index in [1.807, 2.05) is 31.3 Å². The number of amides is 1. The molecule has 0 bridgehead atoms. The van der Waals surface area contributed by atoms with Crippen LogP contribution in [0.25, 0.3) is 0 Å². The predicted molar refractivity (Wildman–Crippen MR) is 74.2 cm³/mol. The highest BCUT2D eigenvalue weighted by atomic mass is 32.1. The van der Waals surface area contributed by atoms with Crippen LogP contribution in [0.3, 0.4) is 0 Å². The summed E-state index contributed by atoms with van der Waals surface area (Å²) in [5.41, 5.74) is 0.652.